The zero-order valence-electron chi connectivity index (χ0n) is 9.97. The molecule has 0 aliphatic rings. The minimum Gasteiger partial charge on any atom is -0.208 e. The molecule has 0 aliphatic heterocycles. The van der Waals surface area contributed by atoms with Crippen molar-refractivity contribution >= 4 is 10.0 Å². The first kappa shape index (κ1) is 13.2. The Hall–Kier alpha value is -0.870. The Labute approximate surface area is 97.9 Å². The Balaban J connectivity index is 2.73. The van der Waals surface area contributed by atoms with E-state index in [0.717, 1.165) is 6.42 Å². The van der Waals surface area contributed by atoms with Crippen LogP contribution in [0.15, 0.2) is 35.2 Å². The average Bonchev–Trinajstić information content (AvgIpc) is 2.16. The van der Waals surface area contributed by atoms with Crippen molar-refractivity contribution in [1.82, 2.24) is 4.72 Å². The predicted octanol–water partition coefficient (Wildman–Crippen LogP) is 2.40. The van der Waals surface area contributed by atoms with Gasteiger partial charge in [-0.1, -0.05) is 32.0 Å². The van der Waals surface area contributed by atoms with Crippen molar-refractivity contribution in [2.24, 2.45) is 5.92 Å². The van der Waals surface area contributed by atoms with Crippen LogP contribution >= 0.6 is 0 Å². The third-order valence-corrected chi connectivity index (χ3v) is 3.84. The lowest BCUT2D eigenvalue weighted by Gasteiger charge is -2.15. The summed E-state index contributed by atoms with van der Waals surface area (Å²) in [4.78, 5) is 0.325. The van der Waals surface area contributed by atoms with E-state index < -0.39 is 10.0 Å². The number of hydrogen-bond acceptors (Lipinski definition) is 2. The Morgan fingerprint density at radius 2 is 1.69 bits per heavy atom. The minimum atomic E-state index is -3.36. The molecule has 90 valence electrons. The first-order valence-corrected chi connectivity index (χ1v) is 6.97. The van der Waals surface area contributed by atoms with Gasteiger partial charge >= 0.3 is 0 Å². The Bertz CT molecular complexity index is 412. The van der Waals surface area contributed by atoms with E-state index in [0.29, 0.717) is 10.8 Å². The number of benzene rings is 1. The lowest BCUT2D eigenvalue weighted by atomic mass is 10.1. The van der Waals surface area contributed by atoms with Crippen LogP contribution in [0.3, 0.4) is 0 Å². The number of sulfonamides is 1. The van der Waals surface area contributed by atoms with Gasteiger partial charge in [-0.25, -0.2) is 13.1 Å². The molecule has 0 amide bonds. The van der Waals surface area contributed by atoms with Gasteiger partial charge < -0.3 is 0 Å². The van der Waals surface area contributed by atoms with E-state index in [2.05, 4.69) is 18.6 Å². The largest absolute Gasteiger partial charge is 0.240 e. The molecule has 0 aromatic heterocycles. The summed E-state index contributed by atoms with van der Waals surface area (Å²) in [6.45, 7) is 6.04. The van der Waals surface area contributed by atoms with Crippen molar-refractivity contribution in [1.29, 1.82) is 0 Å². The highest BCUT2D eigenvalue weighted by atomic mass is 32.2. The van der Waals surface area contributed by atoms with Crippen molar-refractivity contribution in [3.05, 3.63) is 30.3 Å². The summed E-state index contributed by atoms with van der Waals surface area (Å²) in [5, 5.41) is 0. The molecule has 4 heteroatoms. The molecule has 0 aliphatic carbocycles. The van der Waals surface area contributed by atoms with Gasteiger partial charge in [0.1, 0.15) is 0 Å². The fourth-order valence-corrected chi connectivity index (χ4v) is 2.97. The minimum absolute atomic E-state index is 0.0368. The number of rotatable bonds is 5. The highest BCUT2D eigenvalue weighted by Crippen LogP contribution is 2.11. The maximum Gasteiger partial charge on any atom is 0.240 e. The molecule has 1 rings (SSSR count). The second kappa shape index (κ2) is 5.46. The van der Waals surface area contributed by atoms with Crippen LogP contribution in [-0.4, -0.2) is 14.5 Å². The van der Waals surface area contributed by atoms with E-state index in [1.807, 2.05) is 6.92 Å². The van der Waals surface area contributed by atoms with Crippen LogP contribution in [-0.2, 0) is 10.0 Å². The van der Waals surface area contributed by atoms with Gasteiger partial charge in [0.15, 0.2) is 0 Å². The van der Waals surface area contributed by atoms with E-state index in [-0.39, 0.29) is 6.04 Å². The molecular weight excluding hydrogens is 222 g/mol. The summed E-state index contributed by atoms with van der Waals surface area (Å²) in [5.74, 6) is 0.480. The van der Waals surface area contributed by atoms with Gasteiger partial charge in [-0.05, 0) is 31.4 Å². The first-order valence-electron chi connectivity index (χ1n) is 5.49. The predicted molar refractivity (Wildman–Crippen MR) is 65.7 cm³/mol. The van der Waals surface area contributed by atoms with Crippen LogP contribution in [0.4, 0.5) is 0 Å². The molecule has 1 aromatic carbocycles. The molecule has 0 saturated carbocycles. The summed E-state index contributed by atoms with van der Waals surface area (Å²) in [6, 6.07) is 8.42. The van der Waals surface area contributed by atoms with Gasteiger partial charge in [-0.15, -0.1) is 0 Å². The van der Waals surface area contributed by atoms with E-state index in [1.54, 1.807) is 30.3 Å². The highest BCUT2D eigenvalue weighted by Gasteiger charge is 2.17. The van der Waals surface area contributed by atoms with E-state index in [4.69, 9.17) is 0 Å². The SMILES string of the molecule is CC(C)CC(C)NS(=O)(=O)c1ccccc1. The van der Waals surface area contributed by atoms with Crippen molar-refractivity contribution in [3.8, 4) is 0 Å². The summed E-state index contributed by atoms with van der Waals surface area (Å²) in [6.07, 6.45) is 0.839. The molecule has 0 fully saturated rings. The number of nitrogens with one attached hydrogen (secondary N) is 1. The molecule has 1 N–H and O–H groups in total. The van der Waals surface area contributed by atoms with Crippen LogP contribution in [0.2, 0.25) is 0 Å². The molecule has 0 spiro atoms. The van der Waals surface area contributed by atoms with Gasteiger partial charge in [0.25, 0.3) is 0 Å². The summed E-state index contributed by atoms with van der Waals surface area (Å²) >= 11 is 0. The highest BCUT2D eigenvalue weighted by molar-refractivity contribution is 7.89. The van der Waals surface area contributed by atoms with E-state index in [9.17, 15) is 8.42 Å². The fourth-order valence-electron chi connectivity index (χ4n) is 1.69. The molecule has 1 atom stereocenters. The van der Waals surface area contributed by atoms with Gasteiger partial charge in [0, 0.05) is 6.04 Å². The monoisotopic (exact) mass is 241 g/mol. The zero-order chi connectivity index (χ0) is 12.2. The maximum atomic E-state index is 11.9. The Morgan fingerprint density at radius 1 is 1.12 bits per heavy atom. The van der Waals surface area contributed by atoms with Crippen LogP contribution in [0, 0.1) is 5.92 Å². The molecule has 1 unspecified atom stereocenters. The summed E-state index contributed by atoms with van der Waals surface area (Å²) < 4.78 is 26.5. The average molecular weight is 241 g/mol. The molecule has 0 heterocycles. The zero-order valence-corrected chi connectivity index (χ0v) is 10.8. The van der Waals surface area contributed by atoms with Crippen LogP contribution in [0.5, 0.6) is 0 Å². The van der Waals surface area contributed by atoms with Crippen LogP contribution < -0.4 is 4.72 Å². The quantitative estimate of drug-likeness (QED) is 0.860. The first-order chi connectivity index (χ1) is 7.42. The molecule has 3 nitrogen and oxygen atoms in total. The molecule has 0 radical (unpaired) electrons. The standard InChI is InChI=1S/C12H19NO2S/c1-10(2)9-11(3)13-16(14,15)12-7-5-4-6-8-12/h4-8,10-11,13H,9H2,1-3H3. The van der Waals surface area contributed by atoms with Crippen molar-refractivity contribution in [2.45, 2.75) is 38.1 Å². The van der Waals surface area contributed by atoms with E-state index >= 15 is 0 Å². The van der Waals surface area contributed by atoms with Crippen LogP contribution in [0.1, 0.15) is 27.2 Å². The van der Waals surface area contributed by atoms with Gasteiger partial charge in [0.2, 0.25) is 10.0 Å². The van der Waals surface area contributed by atoms with Crippen molar-refractivity contribution in [3.63, 3.8) is 0 Å². The molecular formula is C12H19NO2S. The van der Waals surface area contributed by atoms with Gasteiger partial charge in [0.05, 0.1) is 4.90 Å². The Morgan fingerprint density at radius 3 is 2.19 bits per heavy atom. The summed E-state index contributed by atoms with van der Waals surface area (Å²) in [7, 11) is -3.36. The van der Waals surface area contributed by atoms with Crippen molar-refractivity contribution in [2.75, 3.05) is 0 Å². The number of hydrogen-bond donors (Lipinski definition) is 1. The second-order valence-corrected chi connectivity index (χ2v) is 6.18. The lowest BCUT2D eigenvalue weighted by molar-refractivity contribution is 0.482. The molecule has 16 heavy (non-hydrogen) atoms. The van der Waals surface area contributed by atoms with Gasteiger partial charge in [-0.2, -0.15) is 0 Å². The maximum absolute atomic E-state index is 11.9. The van der Waals surface area contributed by atoms with Gasteiger partial charge in [-0.3, -0.25) is 0 Å². The van der Waals surface area contributed by atoms with E-state index in [1.165, 1.54) is 0 Å². The normalized spacial score (nSPS) is 14.0. The molecule has 1 aromatic rings. The molecule has 0 saturated heterocycles. The Kier molecular flexibility index (Phi) is 4.50. The third-order valence-electron chi connectivity index (χ3n) is 2.23. The smallest absolute Gasteiger partial charge is 0.208 e. The van der Waals surface area contributed by atoms with Crippen LogP contribution in [0.25, 0.3) is 0 Å². The topological polar surface area (TPSA) is 46.2 Å². The second-order valence-electron chi connectivity index (χ2n) is 4.46. The third kappa shape index (κ3) is 3.94. The van der Waals surface area contributed by atoms with Crippen molar-refractivity contribution < 1.29 is 8.42 Å². The molecule has 0 bridgehead atoms. The lowest BCUT2D eigenvalue weighted by Crippen LogP contribution is -2.33. The summed E-state index contributed by atoms with van der Waals surface area (Å²) in [5.41, 5.74) is 0. The fraction of sp³-hybridized carbons (Fsp3) is 0.500.